The molecule has 1 saturated carbocycles. The van der Waals surface area contributed by atoms with E-state index in [2.05, 4.69) is 47.5 Å². The monoisotopic (exact) mass is 557 g/mol. The maximum absolute atomic E-state index is 13.3. The lowest BCUT2D eigenvalue weighted by Crippen LogP contribution is -2.46. The Morgan fingerprint density at radius 3 is 2.63 bits per heavy atom. The maximum atomic E-state index is 13.3. The molecule has 3 fully saturated rings. The molecule has 2 saturated heterocycles. The fourth-order valence-corrected chi connectivity index (χ4v) is 6.76. The van der Waals surface area contributed by atoms with Crippen molar-refractivity contribution in [1.82, 2.24) is 39.7 Å². The molecule has 0 radical (unpaired) electrons. The molecule has 6 heterocycles. The molecule has 11 heteroatoms. The van der Waals surface area contributed by atoms with Crippen molar-refractivity contribution in [2.75, 3.05) is 51.8 Å². The quantitative estimate of drug-likeness (QED) is 0.331. The summed E-state index contributed by atoms with van der Waals surface area (Å²) in [4.78, 5) is 30.7. The van der Waals surface area contributed by atoms with E-state index in [1.165, 1.54) is 12.8 Å². The van der Waals surface area contributed by atoms with E-state index < -0.39 is 0 Å². The molecule has 3 N–H and O–H groups in total. The van der Waals surface area contributed by atoms with Gasteiger partial charge in [-0.1, -0.05) is 0 Å². The minimum absolute atomic E-state index is 0.0657. The van der Waals surface area contributed by atoms with E-state index in [1.54, 1.807) is 17.0 Å². The van der Waals surface area contributed by atoms with E-state index in [0.717, 1.165) is 98.6 Å². The summed E-state index contributed by atoms with van der Waals surface area (Å²) in [7, 11) is 2.12. The van der Waals surface area contributed by atoms with Gasteiger partial charge >= 0.3 is 0 Å². The summed E-state index contributed by atoms with van der Waals surface area (Å²) in [6, 6.07) is 5.30. The summed E-state index contributed by atoms with van der Waals surface area (Å²) in [5, 5.41) is 12.4. The number of rotatable bonds is 6. The van der Waals surface area contributed by atoms with Gasteiger partial charge in [-0.3, -0.25) is 9.69 Å². The molecule has 7 rings (SSSR count). The van der Waals surface area contributed by atoms with E-state index in [0.29, 0.717) is 17.6 Å². The van der Waals surface area contributed by atoms with Crippen LogP contribution in [0.5, 0.6) is 0 Å². The van der Waals surface area contributed by atoms with Crippen LogP contribution in [0.2, 0.25) is 0 Å². The SMILES string of the molecule is CN1CCC(NC(=O)c2cnn3ccc(-c4c[nH]c5ncnc(NC6CCC(N7CCOCC7)CC6)c45)cc23)CC1. The Labute approximate surface area is 239 Å². The van der Waals surface area contributed by atoms with Gasteiger partial charge in [0.2, 0.25) is 0 Å². The first-order valence-electron chi connectivity index (χ1n) is 15.0. The molecule has 0 unspecified atom stereocenters. The molecule has 0 bridgehead atoms. The Bertz CT molecular complexity index is 1510. The van der Waals surface area contributed by atoms with Gasteiger partial charge in [0.1, 0.15) is 17.8 Å². The van der Waals surface area contributed by atoms with Crippen molar-refractivity contribution in [3.63, 3.8) is 0 Å². The Hall–Kier alpha value is -3.54. The first-order valence-corrected chi connectivity index (χ1v) is 15.0. The average molecular weight is 558 g/mol. The number of nitrogens with zero attached hydrogens (tertiary/aromatic N) is 6. The highest BCUT2D eigenvalue weighted by atomic mass is 16.5. The van der Waals surface area contributed by atoms with E-state index in [-0.39, 0.29) is 11.9 Å². The Balaban J connectivity index is 1.11. The summed E-state index contributed by atoms with van der Waals surface area (Å²) < 4.78 is 7.31. The zero-order valence-corrected chi connectivity index (χ0v) is 23.7. The van der Waals surface area contributed by atoms with Crippen molar-refractivity contribution in [2.24, 2.45) is 0 Å². The van der Waals surface area contributed by atoms with Gasteiger partial charge in [0.15, 0.2) is 0 Å². The number of aromatic nitrogens is 5. The van der Waals surface area contributed by atoms with E-state index in [1.807, 2.05) is 24.5 Å². The number of morpholine rings is 1. The lowest BCUT2D eigenvalue weighted by molar-refractivity contribution is 0.00791. The molecule has 0 aromatic carbocycles. The lowest BCUT2D eigenvalue weighted by atomic mass is 9.90. The number of pyridine rings is 1. The predicted octanol–water partition coefficient (Wildman–Crippen LogP) is 3.15. The fourth-order valence-electron chi connectivity index (χ4n) is 6.76. The number of amides is 1. The fraction of sp³-hybridized carbons (Fsp3) is 0.533. The van der Waals surface area contributed by atoms with Gasteiger partial charge in [-0.25, -0.2) is 14.5 Å². The molecule has 11 nitrogen and oxygen atoms in total. The zero-order valence-electron chi connectivity index (χ0n) is 23.7. The third-order valence-electron chi connectivity index (χ3n) is 9.20. The molecule has 4 aromatic heterocycles. The van der Waals surface area contributed by atoms with Gasteiger partial charge in [0, 0.05) is 49.2 Å². The number of ether oxygens (including phenoxy) is 1. The molecular formula is C30H39N9O2. The van der Waals surface area contributed by atoms with Crippen LogP contribution in [-0.4, -0.2) is 105 Å². The van der Waals surface area contributed by atoms with E-state index in [9.17, 15) is 4.79 Å². The summed E-state index contributed by atoms with van der Waals surface area (Å²) in [6.45, 7) is 5.79. The summed E-state index contributed by atoms with van der Waals surface area (Å²) in [5.41, 5.74) is 4.18. The topological polar surface area (TPSA) is 116 Å². The smallest absolute Gasteiger partial charge is 0.255 e. The Morgan fingerprint density at radius 1 is 1.02 bits per heavy atom. The van der Waals surface area contributed by atoms with Crippen molar-refractivity contribution in [3.05, 3.63) is 42.6 Å². The number of carbonyl (C=O) groups excluding carboxylic acids is 1. The summed E-state index contributed by atoms with van der Waals surface area (Å²) in [5.74, 6) is 0.790. The number of likely N-dealkylation sites (tertiary alicyclic amines) is 1. The van der Waals surface area contributed by atoms with Crippen LogP contribution in [0.15, 0.2) is 37.1 Å². The van der Waals surface area contributed by atoms with Gasteiger partial charge in [-0.05, 0) is 76.4 Å². The molecular weight excluding hydrogens is 518 g/mol. The number of anilines is 1. The van der Waals surface area contributed by atoms with Crippen molar-refractivity contribution in [1.29, 1.82) is 0 Å². The van der Waals surface area contributed by atoms with Gasteiger partial charge in [0.05, 0.1) is 35.9 Å². The Kier molecular flexibility index (Phi) is 7.32. The molecule has 2 aliphatic heterocycles. The molecule has 1 amide bonds. The Morgan fingerprint density at radius 2 is 1.83 bits per heavy atom. The number of carbonyl (C=O) groups is 1. The summed E-state index contributed by atoms with van der Waals surface area (Å²) in [6.07, 6.45) is 13.7. The second-order valence-corrected chi connectivity index (χ2v) is 11.8. The number of hydrogen-bond acceptors (Lipinski definition) is 8. The maximum Gasteiger partial charge on any atom is 0.255 e. The number of piperidine rings is 1. The standard InChI is InChI=1S/C30H39N9O2/c1-37-9-7-22(8-10-37)36-30(40)25-18-34-39-11-6-20(16-26(25)39)24-17-31-28-27(24)29(33-19-32-28)35-21-2-4-23(5-3-21)38-12-14-41-15-13-38/h6,11,16-19,21-23H,2-5,7-10,12-15H2,1H3,(H,36,40)(H2,31,32,33,35). The first kappa shape index (κ1) is 26.4. The van der Waals surface area contributed by atoms with Gasteiger partial charge in [-0.15, -0.1) is 0 Å². The van der Waals surface area contributed by atoms with Crippen LogP contribution in [0.4, 0.5) is 5.82 Å². The third kappa shape index (κ3) is 5.41. The number of aromatic amines is 1. The minimum Gasteiger partial charge on any atom is -0.379 e. The molecule has 0 spiro atoms. The van der Waals surface area contributed by atoms with Crippen LogP contribution in [0.3, 0.4) is 0 Å². The molecule has 0 atom stereocenters. The lowest BCUT2D eigenvalue weighted by Gasteiger charge is -2.39. The third-order valence-corrected chi connectivity index (χ3v) is 9.20. The van der Waals surface area contributed by atoms with E-state index in [4.69, 9.17) is 4.74 Å². The van der Waals surface area contributed by atoms with Crippen molar-refractivity contribution < 1.29 is 9.53 Å². The molecule has 216 valence electrons. The average Bonchev–Trinajstić information content (AvgIpc) is 3.64. The van der Waals surface area contributed by atoms with Crippen LogP contribution in [0.1, 0.15) is 48.9 Å². The van der Waals surface area contributed by atoms with Crippen LogP contribution in [0.25, 0.3) is 27.7 Å². The minimum atomic E-state index is -0.0657. The zero-order chi connectivity index (χ0) is 27.8. The van der Waals surface area contributed by atoms with Gasteiger partial charge in [-0.2, -0.15) is 5.10 Å². The van der Waals surface area contributed by atoms with Crippen LogP contribution < -0.4 is 10.6 Å². The molecule has 1 aliphatic carbocycles. The highest BCUT2D eigenvalue weighted by Gasteiger charge is 2.28. The van der Waals surface area contributed by atoms with Crippen molar-refractivity contribution >= 4 is 28.3 Å². The summed E-state index contributed by atoms with van der Waals surface area (Å²) >= 11 is 0. The van der Waals surface area contributed by atoms with Crippen molar-refractivity contribution in [3.8, 4) is 11.1 Å². The molecule has 3 aliphatic rings. The van der Waals surface area contributed by atoms with Crippen LogP contribution in [-0.2, 0) is 4.74 Å². The number of H-pyrrole nitrogens is 1. The van der Waals surface area contributed by atoms with Crippen LogP contribution >= 0.6 is 0 Å². The second-order valence-electron chi connectivity index (χ2n) is 11.8. The van der Waals surface area contributed by atoms with Crippen molar-refractivity contribution in [2.45, 2.75) is 56.7 Å². The van der Waals surface area contributed by atoms with Crippen LogP contribution in [0, 0.1) is 0 Å². The first-order chi connectivity index (χ1) is 20.1. The predicted molar refractivity (Wildman–Crippen MR) is 158 cm³/mol. The highest BCUT2D eigenvalue weighted by Crippen LogP contribution is 2.34. The highest BCUT2D eigenvalue weighted by molar-refractivity contribution is 6.04. The number of nitrogens with one attached hydrogen (secondary N) is 3. The van der Waals surface area contributed by atoms with Gasteiger partial charge in [0.25, 0.3) is 5.91 Å². The second kappa shape index (κ2) is 11.4. The number of hydrogen-bond donors (Lipinski definition) is 3. The normalized spacial score (nSPS) is 23.2. The largest absolute Gasteiger partial charge is 0.379 e. The van der Waals surface area contributed by atoms with E-state index >= 15 is 0 Å². The number of fused-ring (bicyclic) bond motifs is 2. The van der Waals surface area contributed by atoms with Gasteiger partial charge < -0.3 is 25.3 Å². The molecule has 4 aromatic rings. The molecule has 41 heavy (non-hydrogen) atoms.